The summed E-state index contributed by atoms with van der Waals surface area (Å²) in [6, 6.07) is 8.56. The molecule has 0 aromatic heterocycles. The highest BCUT2D eigenvalue weighted by atomic mass is 35.5. The number of hydrogen-bond acceptors (Lipinski definition) is 7. The van der Waals surface area contributed by atoms with Crippen molar-refractivity contribution in [2.45, 2.75) is 33.1 Å². The second-order valence-electron chi connectivity index (χ2n) is 11.0. The van der Waals surface area contributed by atoms with Gasteiger partial charge in [-0.15, -0.1) is 0 Å². The summed E-state index contributed by atoms with van der Waals surface area (Å²) in [5.41, 5.74) is 3.82. The van der Waals surface area contributed by atoms with Crippen molar-refractivity contribution in [3.05, 3.63) is 102 Å². The maximum absolute atomic E-state index is 12.8. The van der Waals surface area contributed by atoms with Crippen LogP contribution < -0.4 is 32.3 Å². The minimum Gasteiger partial charge on any atom is -0.397 e. The van der Waals surface area contributed by atoms with Gasteiger partial charge in [-0.25, -0.2) is 9.59 Å². The number of carbonyl (C=O) groups excluding carboxylic acids is 5. The Morgan fingerprint density at radius 3 is 1.16 bits per heavy atom. The second kappa shape index (κ2) is 21.2. The zero-order chi connectivity index (χ0) is 44.3. The molecule has 4 rings (SSSR count). The number of alkyl halides is 6. The summed E-state index contributed by atoms with van der Waals surface area (Å²) < 4.78 is 80.5. The van der Waals surface area contributed by atoms with Crippen LogP contribution in [-0.4, -0.2) is 29.9 Å². The first-order valence-electron chi connectivity index (χ1n) is 15.3. The molecule has 12 nitrogen and oxygen atoms in total. The maximum Gasteiger partial charge on any atom is 0.416 e. The zero-order valence-corrected chi connectivity index (χ0v) is 33.9. The van der Waals surface area contributed by atoms with Gasteiger partial charge in [-0.1, -0.05) is 69.6 Å². The van der Waals surface area contributed by atoms with Gasteiger partial charge in [0.25, 0.3) is 0 Å². The van der Waals surface area contributed by atoms with Gasteiger partial charge in [0.1, 0.15) is 0 Å². The van der Waals surface area contributed by atoms with Crippen LogP contribution in [0.25, 0.3) is 0 Å². The summed E-state index contributed by atoms with van der Waals surface area (Å²) in [6.07, 6.45) is -9.16. The second-order valence-corrected chi connectivity index (χ2v) is 13.4. The number of nitrogen functional groups attached to an aromatic ring is 1. The number of anilines is 6. The van der Waals surface area contributed by atoms with E-state index in [9.17, 15) is 50.3 Å². The molecule has 0 aliphatic carbocycles. The molecule has 312 valence electrons. The van der Waals surface area contributed by atoms with Gasteiger partial charge >= 0.3 is 36.4 Å². The molecule has 7 N–H and O–H groups in total. The lowest BCUT2D eigenvalue weighted by atomic mass is 10.2. The third kappa shape index (κ3) is 16.2. The average molecular weight is 941 g/mol. The minimum atomic E-state index is -4.60. The minimum absolute atomic E-state index is 0.0553. The van der Waals surface area contributed by atoms with E-state index in [2.05, 4.69) is 31.3 Å². The predicted molar refractivity (Wildman–Crippen MR) is 212 cm³/mol. The zero-order valence-electron chi connectivity index (χ0n) is 29.3. The standard InChI is InChI=1S/C16H11Cl3F3N3O2.C14H9Cl3F3N3O.C4H6O3/c1-7(26)23-13-5-10(18)11(19)6-14(13)25-15(27)24-12-4-8(16(20,21)22)2-3-9(12)17;15-7-2-1-6(14(18,19)20)3-11(7)22-13(24)23-12-5-9(17)8(16)4-10(12)21;1-3(5)7-4(2)6/h2-6H,1H3,(H,23,26)(H2,24,25,27);1-5H,21H2,(H2,22,23,24);1-2H3. The third-order valence-corrected chi connectivity index (χ3v) is 8.43. The van der Waals surface area contributed by atoms with Crippen LogP contribution in [0.1, 0.15) is 31.9 Å². The SMILES string of the molecule is CC(=O)Nc1cc(Cl)c(Cl)cc1NC(=O)Nc1cc(C(F)(F)F)ccc1Cl.CC(=O)OC(C)=O.Nc1cc(Cl)c(Cl)cc1NC(=O)Nc1cc(C(F)(F)F)ccc1Cl. The summed E-state index contributed by atoms with van der Waals surface area (Å²) >= 11 is 35.0. The predicted octanol–water partition coefficient (Wildman–Crippen LogP) is 12.3. The normalized spacial score (nSPS) is 10.7. The van der Waals surface area contributed by atoms with Crippen LogP contribution in [0.4, 0.5) is 70.1 Å². The Kier molecular flexibility index (Phi) is 18.1. The first-order valence-corrected chi connectivity index (χ1v) is 17.5. The van der Waals surface area contributed by atoms with E-state index in [1.165, 1.54) is 45.0 Å². The number of benzene rings is 4. The molecule has 4 aromatic carbocycles. The molecule has 0 unspecified atom stereocenters. The van der Waals surface area contributed by atoms with Gasteiger partial charge < -0.3 is 37.1 Å². The first-order chi connectivity index (χ1) is 26.7. The van der Waals surface area contributed by atoms with Crippen molar-refractivity contribution in [1.29, 1.82) is 0 Å². The van der Waals surface area contributed by atoms with E-state index >= 15 is 0 Å². The first kappa shape index (κ1) is 49.3. The van der Waals surface area contributed by atoms with Crippen molar-refractivity contribution in [3.8, 4) is 0 Å². The van der Waals surface area contributed by atoms with E-state index in [0.717, 1.165) is 30.3 Å². The Morgan fingerprint density at radius 1 is 0.483 bits per heavy atom. The molecule has 24 heteroatoms. The number of carbonyl (C=O) groups is 5. The van der Waals surface area contributed by atoms with E-state index in [0.29, 0.717) is 6.07 Å². The average Bonchev–Trinajstić information content (AvgIpc) is 3.06. The van der Waals surface area contributed by atoms with Crippen LogP contribution in [0.5, 0.6) is 0 Å². The molecule has 0 saturated carbocycles. The van der Waals surface area contributed by atoms with Crippen molar-refractivity contribution in [2.24, 2.45) is 0 Å². The summed E-state index contributed by atoms with van der Waals surface area (Å²) in [4.78, 5) is 55.0. The fourth-order valence-corrected chi connectivity index (χ4v) is 4.96. The highest BCUT2D eigenvalue weighted by Gasteiger charge is 2.32. The monoisotopic (exact) mass is 938 g/mol. The number of rotatable bonds is 5. The molecule has 0 bridgehead atoms. The molecule has 5 amide bonds. The molecular weight excluding hydrogens is 915 g/mol. The van der Waals surface area contributed by atoms with Crippen molar-refractivity contribution in [2.75, 3.05) is 32.3 Å². The topological polar surface area (TPSA) is 181 Å². The molecule has 0 saturated heterocycles. The summed E-state index contributed by atoms with van der Waals surface area (Å²) in [5, 5.41) is 12.0. The Bertz CT molecular complexity index is 2200. The van der Waals surface area contributed by atoms with E-state index in [-0.39, 0.29) is 64.3 Å². The number of urea groups is 2. The molecule has 0 radical (unpaired) electrons. The van der Waals surface area contributed by atoms with Gasteiger partial charge in [0.2, 0.25) is 5.91 Å². The van der Waals surface area contributed by atoms with E-state index < -0.39 is 53.4 Å². The largest absolute Gasteiger partial charge is 0.416 e. The lowest BCUT2D eigenvalue weighted by molar-refractivity contribution is -0.156. The summed E-state index contributed by atoms with van der Waals surface area (Å²) in [6.45, 7) is 3.61. The molecule has 58 heavy (non-hydrogen) atoms. The number of halogens is 12. The van der Waals surface area contributed by atoms with Crippen molar-refractivity contribution < 1.29 is 55.1 Å². The lowest BCUT2D eigenvalue weighted by Crippen LogP contribution is -2.21. The number of ether oxygens (including phenoxy) is 1. The van der Waals surface area contributed by atoms with Gasteiger partial charge in [-0.2, -0.15) is 26.3 Å². The van der Waals surface area contributed by atoms with Crippen molar-refractivity contribution >= 4 is 134 Å². The number of amides is 5. The molecule has 0 spiro atoms. The number of nitrogens with two attached hydrogens (primary N) is 1. The molecule has 4 aromatic rings. The van der Waals surface area contributed by atoms with Gasteiger partial charge in [-0.3, -0.25) is 14.4 Å². The molecule has 0 aliphatic rings. The van der Waals surface area contributed by atoms with Gasteiger partial charge in [-0.05, 0) is 60.7 Å². The molecule has 0 atom stereocenters. The Labute approximate surface area is 354 Å². The Balaban J connectivity index is 0.000000345. The van der Waals surface area contributed by atoms with E-state index in [1.54, 1.807) is 0 Å². The fraction of sp³-hybridized carbons (Fsp3) is 0.147. The van der Waals surface area contributed by atoms with Gasteiger partial charge in [0.15, 0.2) is 0 Å². The Hall–Kier alpha value is -4.85. The fourth-order valence-electron chi connectivity index (χ4n) is 3.96. The third-order valence-electron chi connectivity index (χ3n) is 6.33. The summed E-state index contributed by atoms with van der Waals surface area (Å²) in [5.74, 6) is -1.56. The van der Waals surface area contributed by atoms with Crippen LogP contribution in [0.15, 0.2) is 60.7 Å². The Morgan fingerprint density at radius 2 is 0.810 bits per heavy atom. The van der Waals surface area contributed by atoms with Crippen LogP contribution >= 0.6 is 69.6 Å². The molecular formula is C34H26Cl6F6N6O6. The molecule has 0 aliphatic heterocycles. The highest BCUT2D eigenvalue weighted by Crippen LogP contribution is 2.37. The van der Waals surface area contributed by atoms with E-state index in [4.69, 9.17) is 75.3 Å². The van der Waals surface area contributed by atoms with Crippen LogP contribution in [0.2, 0.25) is 30.1 Å². The smallest absolute Gasteiger partial charge is 0.397 e. The van der Waals surface area contributed by atoms with Gasteiger partial charge in [0.05, 0.1) is 75.4 Å². The molecule has 0 fully saturated rings. The number of hydrogen-bond donors (Lipinski definition) is 6. The lowest BCUT2D eigenvalue weighted by Gasteiger charge is -2.15. The van der Waals surface area contributed by atoms with Crippen molar-refractivity contribution in [3.63, 3.8) is 0 Å². The number of esters is 2. The van der Waals surface area contributed by atoms with Crippen LogP contribution in [0, 0.1) is 0 Å². The maximum atomic E-state index is 12.8. The van der Waals surface area contributed by atoms with E-state index in [1.807, 2.05) is 0 Å². The number of nitrogens with one attached hydrogen (secondary N) is 5. The van der Waals surface area contributed by atoms with Crippen molar-refractivity contribution in [1.82, 2.24) is 0 Å². The highest BCUT2D eigenvalue weighted by molar-refractivity contribution is 6.43. The molecule has 0 heterocycles. The van der Waals surface area contributed by atoms with Crippen LogP contribution in [-0.2, 0) is 31.5 Å². The summed E-state index contributed by atoms with van der Waals surface area (Å²) in [7, 11) is 0. The van der Waals surface area contributed by atoms with Gasteiger partial charge in [0, 0.05) is 20.8 Å². The quantitative estimate of drug-likeness (QED) is 0.0498. The van der Waals surface area contributed by atoms with Crippen LogP contribution in [0.3, 0.4) is 0 Å².